The van der Waals surface area contributed by atoms with Gasteiger partial charge in [0.15, 0.2) is 0 Å². The van der Waals surface area contributed by atoms with E-state index in [1.807, 2.05) is 38.1 Å². The van der Waals surface area contributed by atoms with E-state index in [1.165, 1.54) is 6.20 Å². The molecule has 0 aliphatic carbocycles. The molecule has 0 saturated heterocycles. The van der Waals surface area contributed by atoms with Crippen molar-refractivity contribution in [1.82, 2.24) is 15.3 Å². The van der Waals surface area contributed by atoms with Crippen LogP contribution in [0.2, 0.25) is 0 Å². The number of aryl methyl sites for hydroxylation is 1. The van der Waals surface area contributed by atoms with Gasteiger partial charge in [-0.1, -0.05) is 30.3 Å². The van der Waals surface area contributed by atoms with Gasteiger partial charge in [0.05, 0.1) is 28.1 Å². The summed E-state index contributed by atoms with van der Waals surface area (Å²) in [5.41, 5.74) is 12.2. The van der Waals surface area contributed by atoms with Gasteiger partial charge in [-0.3, -0.25) is 14.4 Å². The van der Waals surface area contributed by atoms with E-state index in [1.54, 1.807) is 42.5 Å². The number of carbonyl (C=O) groups excluding carboxylic acids is 3. The van der Waals surface area contributed by atoms with Crippen molar-refractivity contribution in [3.8, 4) is 0 Å². The summed E-state index contributed by atoms with van der Waals surface area (Å²) in [5, 5.41) is 11.7. The zero-order valence-electron chi connectivity index (χ0n) is 22.1. The predicted octanol–water partition coefficient (Wildman–Crippen LogP) is 4.20. The zero-order chi connectivity index (χ0) is 28.2. The Morgan fingerprint density at radius 3 is 2.52 bits per heavy atom. The fraction of sp³-hybridized carbons (Fsp3) is 0.133. The third kappa shape index (κ3) is 5.41. The van der Waals surface area contributed by atoms with Crippen molar-refractivity contribution in [2.45, 2.75) is 13.8 Å². The number of amides is 3. The first kappa shape index (κ1) is 26.2. The normalized spacial score (nSPS) is 13.1. The van der Waals surface area contributed by atoms with Crippen LogP contribution in [0.25, 0.3) is 11.6 Å². The Balaban J connectivity index is 1.16. The Morgan fingerprint density at radius 1 is 0.975 bits per heavy atom. The number of rotatable bonds is 8. The molecule has 0 unspecified atom stereocenters. The van der Waals surface area contributed by atoms with Crippen LogP contribution in [-0.4, -0.2) is 40.8 Å². The molecule has 10 nitrogen and oxygen atoms in total. The molecule has 2 aromatic heterocycles. The van der Waals surface area contributed by atoms with Crippen molar-refractivity contribution in [3.63, 3.8) is 0 Å². The number of hydrogen-bond acceptors (Lipinski definition) is 6. The smallest absolute Gasteiger partial charge is 0.257 e. The number of nitrogens with two attached hydrogens (primary N) is 1. The molecule has 1 aliphatic heterocycles. The lowest BCUT2D eigenvalue weighted by molar-refractivity contribution is -0.110. The summed E-state index contributed by atoms with van der Waals surface area (Å²) in [6.45, 7) is 4.47. The number of nitrogen functional groups attached to an aromatic ring is 1. The summed E-state index contributed by atoms with van der Waals surface area (Å²) < 4.78 is 0. The number of hydrogen-bond donors (Lipinski definition) is 6. The predicted molar refractivity (Wildman–Crippen MR) is 157 cm³/mol. The van der Waals surface area contributed by atoms with E-state index in [0.29, 0.717) is 58.4 Å². The molecule has 1 aliphatic rings. The first-order valence-electron chi connectivity index (χ1n) is 12.8. The molecule has 40 heavy (non-hydrogen) atoms. The Hall–Kier alpha value is -5.38. The standard InChI is InChI=1S/C30H29N7O3/c1-17-25(15-21-20-7-3-5-9-23(20)36-29(21)39)35-18(2)27(17)30(40)33-14-13-32-26-12-11-19(16-34-26)28(38)37-24-10-6-4-8-22(24)31/h3-12,15-16,35H,13-14,31H2,1-2H3,(H,32,34)(H,33,40)(H,36,39)(H,37,38). The number of H-pyrrole nitrogens is 1. The molecule has 7 N–H and O–H groups in total. The first-order valence-corrected chi connectivity index (χ1v) is 12.8. The summed E-state index contributed by atoms with van der Waals surface area (Å²) in [7, 11) is 0. The number of carbonyl (C=O) groups is 3. The van der Waals surface area contributed by atoms with Crippen LogP contribution in [0.1, 0.15) is 43.2 Å². The lowest BCUT2D eigenvalue weighted by Gasteiger charge is -2.10. The highest BCUT2D eigenvalue weighted by Crippen LogP contribution is 2.33. The summed E-state index contributed by atoms with van der Waals surface area (Å²) >= 11 is 0. The lowest BCUT2D eigenvalue weighted by Crippen LogP contribution is -2.29. The number of pyridine rings is 1. The average molecular weight is 536 g/mol. The average Bonchev–Trinajstić information content (AvgIpc) is 3.42. The molecule has 0 atom stereocenters. The van der Waals surface area contributed by atoms with Gasteiger partial charge in [-0.25, -0.2) is 4.98 Å². The monoisotopic (exact) mass is 535 g/mol. The third-order valence-corrected chi connectivity index (χ3v) is 6.65. The van der Waals surface area contributed by atoms with Crippen LogP contribution in [0, 0.1) is 13.8 Å². The number of aromatic nitrogens is 2. The highest BCUT2D eigenvalue weighted by Gasteiger charge is 2.25. The largest absolute Gasteiger partial charge is 0.397 e. The quantitative estimate of drug-likeness (QED) is 0.113. The minimum atomic E-state index is -0.311. The number of para-hydroxylation sites is 3. The van der Waals surface area contributed by atoms with E-state index >= 15 is 0 Å². The van der Waals surface area contributed by atoms with Crippen LogP contribution in [0.5, 0.6) is 0 Å². The Morgan fingerprint density at radius 2 is 1.75 bits per heavy atom. The SMILES string of the molecule is Cc1[nH]c(C=C2C(=O)Nc3ccccc32)c(C)c1C(=O)NCCNc1ccc(C(=O)Nc2ccccc2N)cn1. The maximum Gasteiger partial charge on any atom is 0.257 e. The molecule has 0 saturated carbocycles. The van der Waals surface area contributed by atoms with E-state index in [4.69, 9.17) is 5.73 Å². The first-order chi connectivity index (χ1) is 19.3. The fourth-order valence-electron chi connectivity index (χ4n) is 4.58. The molecule has 0 bridgehead atoms. The molecular formula is C30H29N7O3. The van der Waals surface area contributed by atoms with Gasteiger partial charge in [-0.05, 0) is 55.8 Å². The molecule has 10 heteroatoms. The molecule has 5 rings (SSSR count). The highest BCUT2D eigenvalue weighted by molar-refractivity contribution is 6.34. The maximum atomic E-state index is 13.0. The van der Waals surface area contributed by atoms with E-state index < -0.39 is 0 Å². The third-order valence-electron chi connectivity index (χ3n) is 6.65. The molecule has 2 aromatic carbocycles. The zero-order valence-corrected chi connectivity index (χ0v) is 22.1. The van der Waals surface area contributed by atoms with Crippen molar-refractivity contribution in [1.29, 1.82) is 0 Å². The summed E-state index contributed by atoms with van der Waals surface area (Å²) in [6.07, 6.45) is 3.26. The number of anilines is 4. The van der Waals surface area contributed by atoms with Gasteiger partial charge in [0, 0.05) is 41.9 Å². The maximum absolute atomic E-state index is 13.0. The summed E-state index contributed by atoms with van der Waals surface area (Å²) in [5.74, 6) is -0.125. The van der Waals surface area contributed by atoms with Crippen LogP contribution < -0.4 is 27.0 Å². The van der Waals surface area contributed by atoms with Gasteiger partial charge in [0.1, 0.15) is 5.82 Å². The van der Waals surface area contributed by atoms with Crippen molar-refractivity contribution >= 4 is 52.3 Å². The number of nitrogens with one attached hydrogen (secondary N) is 5. The highest BCUT2D eigenvalue weighted by atomic mass is 16.2. The van der Waals surface area contributed by atoms with E-state index in [0.717, 1.165) is 16.8 Å². The fourth-order valence-corrected chi connectivity index (χ4v) is 4.58. The van der Waals surface area contributed by atoms with Crippen molar-refractivity contribution < 1.29 is 14.4 Å². The second kappa shape index (κ2) is 11.2. The Bertz CT molecular complexity index is 1640. The second-order valence-electron chi connectivity index (χ2n) is 9.38. The van der Waals surface area contributed by atoms with Gasteiger partial charge in [0.2, 0.25) is 0 Å². The van der Waals surface area contributed by atoms with Crippen LogP contribution in [0.4, 0.5) is 22.9 Å². The van der Waals surface area contributed by atoms with Crippen LogP contribution in [0.15, 0.2) is 66.9 Å². The molecular weight excluding hydrogens is 506 g/mol. The number of nitrogens with zero attached hydrogens (tertiary/aromatic N) is 1. The molecule has 0 radical (unpaired) electrons. The minimum Gasteiger partial charge on any atom is -0.397 e. The second-order valence-corrected chi connectivity index (χ2v) is 9.38. The Labute approximate surface area is 231 Å². The van der Waals surface area contributed by atoms with Gasteiger partial charge in [-0.15, -0.1) is 0 Å². The van der Waals surface area contributed by atoms with E-state index in [2.05, 4.69) is 31.2 Å². The van der Waals surface area contributed by atoms with Crippen molar-refractivity contribution in [3.05, 3.63) is 101 Å². The number of benzene rings is 2. The van der Waals surface area contributed by atoms with Gasteiger partial charge in [-0.2, -0.15) is 0 Å². The molecule has 0 fully saturated rings. The van der Waals surface area contributed by atoms with Crippen LogP contribution >= 0.6 is 0 Å². The topological polar surface area (TPSA) is 154 Å². The van der Waals surface area contributed by atoms with Crippen LogP contribution in [-0.2, 0) is 4.79 Å². The molecule has 4 aromatic rings. The van der Waals surface area contributed by atoms with E-state index in [-0.39, 0.29) is 17.7 Å². The van der Waals surface area contributed by atoms with Crippen molar-refractivity contribution in [2.75, 3.05) is 34.8 Å². The minimum absolute atomic E-state index is 0.173. The number of fused-ring (bicyclic) bond motifs is 1. The summed E-state index contributed by atoms with van der Waals surface area (Å²) in [4.78, 5) is 45.5. The van der Waals surface area contributed by atoms with Crippen molar-refractivity contribution in [2.24, 2.45) is 0 Å². The summed E-state index contributed by atoms with van der Waals surface area (Å²) in [6, 6.07) is 17.9. The molecule has 0 spiro atoms. The Kier molecular flexibility index (Phi) is 7.32. The molecule has 202 valence electrons. The van der Waals surface area contributed by atoms with Gasteiger partial charge in [0.25, 0.3) is 17.7 Å². The molecule has 3 heterocycles. The number of aromatic amines is 1. The van der Waals surface area contributed by atoms with Crippen LogP contribution in [0.3, 0.4) is 0 Å². The van der Waals surface area contributed by atoms with E-state index in [9.17, 15) is 14.4 Å². The van der Waals surface area contributed by atoms with Gasteiger partial charge < -0.3 is 32.0 Å². The molecule has 3 amide bonds. The lowest BCUT2D eigenvalue weighted by atomic mass is 10.0. The van der Waals surface area contributed by atoms with Gasteiger partial charge >= 0.3 is 0 Å².